The number of carbonyl (C=O) groups excluding carboxylic acids is 1. The summed E-state index contributed by atoms with van der Waals surface area (Å²) < 4.78 is 0. The van der Waals surface area contributed by atoms with Gasteiger partial charge in [-0.3, -0.25) is 4.79 Å². The van der Waals surface area contributed by atoms with Crippen LogP contribution in [0.4, 0.5) is 11.4 Å². The number of benzene rings is 1. The molecule has 0 aliphatic carbocycles. The molecule has 0 atom stereocenters. The van der Waals surface area contributed by atoms with Crippen LogP contribution in [0.25, 0.3) is 0 Å². The van der Waals surface area contributed by atoms with Crippen molar-refractivity contribution in [2.45, 2.75) is 39.2 Å². The summed E-state index contributed by atoms with van der Waals surface area (Å²) in [5.74, 6) is 0.0983. The number of rotatable bonds is 6. The van der Waals surface area contributed by atoms with Gasteiger partial charge in [-0.05, 0) is 51.0 Å². The first kappa shape index (κ1) is 14.7. The molecular formula is C16H25N3O. The minimum absolute atomic E-state index is 0.0983. The van der Waals surface area contributed by atoms with Gasteiger partial charge in [0.1, 0.15) is 0 Å². The van der Waals surface area contributed by atoms with Gasteiger partial charge in [0.15, 0.2) is 0 Å². The Labute approximate surface area is 121 Å². The largest absolute Gasteiger partial charge is 0.385 e. The number of hydrogen-bond acceptors (Lipinski definition) is 3. The van der Waals surface area contributed by atoms with Gasteiger partial charge < -0.3 is 15.5 Å². The van der Waals surface area contributed by atoms with Crippen molar-refractivity contribution in [1.82, 2.24) is 5.32 Å². The Hall–Kier alpha value is -1.71. The summed E-state index contributed by atoms with van der Waals surface area (Å²) in [4.78, 5) is 13.9. The molecule has 1 aromatic carbocycles. The number of amides is 1. The van der Waals surface area contributed by atoms with Crippen LogP contribution in [0.5, 0.6) is 0 Å². The van der Waals surface area contributed by atoms with E-state index in [9.17, 15) is 4.79 Å². The van der Waals surface area contributed by atoms with Crippen LogP contribution < -0.4 is 15.5 Å². The molecule has 4 heteroatoms. The van der Waals surface area contributed by atoms with Gasteiger partial charge in [0.05, 0.1) is 0 Å². The monoisotopic (exact) mass is 275 g/mol. The highest BCUT2D eigenvalue weighted by atomic mass is 16.1. The van der Waals surface area contributed by atoms with Gasteiger partial charge >= 0.3 is 0 Å². The van der Waals surface area contributed by atoms with Gasteiger partial charge in [-0.25, -0.2) is 0 Å². The van der Waals surface area contributed by atoms with Crippen molar-refractivity contribution >= 4 is 17.3 Å². The maximum Gasteiger partial charge on any atom is 0.221 e. The second-order valence-corrected chi connectivity index (χ2v) is 5.64. The second kappa shape index (κ2) is 7.17. The molecule has 1 fully saturated rings. The van der Waals surface area contributed by atoms with Crippen LogP contribution in [0.2, 0.25) is 0 Å². The summed E-state index contributed by atoms with van der Waals surface area (Å²) in [6, 6.07) is 8.70. The molecule has 0 saturated carbocycles. The van der Waals surface area contributed by atoms with E-state index < -0.39 is 0 Å². The van der Waals surface area contributed by atoms with Crippen molar-refractivity contribution in [3.63, 3.8) is 0 Å². The topological polar surface area (TPSA) is 44.4 Å². The van der Waals surface area contributed by atoms with Crippen molar-refractivity contribution < 1.29 is 4.79 Å². The zero-order chi connectivity index (χ0) is 14.4. The van der Waals surface area contributed by atoms with E-state index in [-0.39, 0.29) is 11.9 Å². The van der Waals surface area contributed by atoms with E-state index in [1.54, 1.807) is 0 Å². The molecule has 20 heavy (non-hydrogen) atoms. The average molecular weight is 275 g/mol. The van der Waals surface area contributed by atoms with Crippen molar-refractivity contribution in [3.8, 4) is 0 Å². The average Bonchev–Trinajstić information content (AvgIpc) is 2.92. The summed E-state index contributed by atoms with van der Waals surface area (Å²) >= 11 is 0. The Morgan fingerprint density at radius 3 is 2.45 bits per heavy atom. The van der Waals surface area contributed by atoms with Crippen LogP contribution >= 0.6 is 0 Å². The second-order valence-electron chi connectivity index (χ2n) is 5.64. The van der Waals surface area contributed by atoms with Crippen molar-refractivity contribution in [2.75, 3.05) is 29.9 Å². The number of hydrogen-bond donors (Lipinski definition) is 2. The third-order valence-corrected chi connectivity index (χ3v) is 3.47. The molecule has 2 rings (SSSR count). The maximum atomic E-state index is 11.5. The molecule has 1 amide bonds. The fourth-order valence-electron chi connectivity index (χ4n) is 2.48. The lowest BCUT2D eigenvalue weighted by Crippen LogP contribution is -2.31. The molecule has 0 spiro atoms. The molecule has 4 nitrogen and oxygen atoms in total. The molecule has 1 heterocycles. The van der Waals surface area contributed by atoms with Crippen LogP contribution in [0, 0.1) is 0 Å². The van der Waals surface area contributed by atoms with E-state index in [0.717, 1.165) is 5.69 Å². The molecule has 1 saturated heterocycles. The summed E-state index contributed by atoms with van der Waals surface area (Å²) in [5.41, 5.74) is 2.37. The third-order valence-electron chi connectivity index (χ3n) is 3.47. The number of carbonyl (C=O) groups is 1. The minimum atomic E-state index is 0.0983. The van der Waals surface area contributed by atoms with Crippen molar-refractivity contribution in [1.29, 1.82) is 0 Å². The Bertz CT molecular complexity index is 422. The quantitative estimate of drug-likeness (QED) is 0.839. The molecule has 2 N–H and O–H groups in total. The highest BCUT2D eigenvalue weighted by Gasteiger charge is 2.11. The normalized spacial score (nSPS) is 14.7. The van der Waals surface area contributed by atoms with Crippen molar-refractivity contribution in [3.05, 3.63) is 24.3 Å². The zero-order valence-corrected chi connectivity index (χ0v) is 12.5. The lowest BCUT2D eigenvalue weighted by Gasteiger charge is -2.18. The van der Waals surface area contributed by atoms with E-state index in [2.05, 4.69) is 39.8 Å². The standard InChI is InChI=1S/C16H25N3O/c1-13(2)18-16(20)9-10-17-14-5-7-15(8-6-14)19-11-3-4-12-19/h5-8,13,17H,3-4,9-12H2,1-2H3,(H,18,20). The Morgan fingerprint density at radius 1 is 1.20 bits per heavy atom. The molecule has 1 aliphatic rings. The Morgan fingerprint density at radius 2 is 1.85 bits per heavy atom. The highest BCUT2D eigenvalue weighted by molar-refractivity contribution is 5.76. The van der Waals surface area contributed by atoms with Gasteiger partial charge in [0.25, 0.3) is 0 Å². The van der Waals surface area contributed by atoms with Crippen LogP contribution in [-0.2, 0) is 4.79 Å². The van der Waals surface area contributed by atoms with Crippen LogP contribution in [0.1, 0.15) is 33.1 Å². The molecule has 0 bridgehead atoms. The molecule has 0 radical (unpaired) electrons. The summed E-state index contributed by atoms with van der Waals surface area (Å²) in [5, 5.41) is 6.18. The van der Waals surface area contributed by atoms with E-state index in [0.29, 0.717) is 13.0 Å². The third kappa shape index (κ3) is 4.44. The van der Waals surface area contributed by atoms with E-state index >= 15 is 0 Å². The van der Waals surface area contributed by atoms with Crippen LogP contribution in [0.3, 0.4) is 0 Å². The molecule has 1 aromatic rings. The SMILES string of the molecule is CC(C)NC(=O)CCNc1ccc(N2CCCC2)cc1. The zero-order valence-electron chi connectivity index (χ0n) is 12.5. The van der Waals surface area contributed by atoms with Crippen molar-refractivity contribution in [2.24, 2.45) is 0 Å². The first-order valence-corrected chi connectivity index (χ1v) is 7.53. The van der Waals surface area contributed by atoms with Crippen LogP contribution in [-0.4, -0.2) is 31.6 Å². The molecule has 110 valence electrons. The number of anilines is 2. The summed E-state index contributed by atoms with van der Waals surface area (Å²) in [6.07, 6.45) is 3.10. The molecule has 0 unspecified atom stereocenters. The fourth-order valence-corrected chi connectivity index (χ4v) is 2.48. The molecular weight excluding hydrogens is 250 g/mol. The predicted octanol–water partition coefficient (Wildman–Crippen LogP) is 2.61. The molecule has 1 aliphatic heterocycles. The lowest BCUT2D eigenvalue weighted by atomic mass is 10.2. The van der Waals surface area contributed by atoms with E-state index in [1.807, 2.05) is 13.8 Å². The molecule has 0 aromatic heterocycles. The summed E-state index contributed by atoms with van der Waals surface area (Å²) in [6.45, 7) is 6.96. The van der Waals surface area contributed by atoms with Gasteiger partial charge in [-0.2, -0.15) is 0 Å². The van der Waals surface area contributed by atoms with E-state index in [1.165, 1.54) is 31.6 Å². The minimum Gasteiger partial charge on any atom is -0.385 e. The first-order chi connectivity index (χ1) is 9.65. The number of nitrogens with zero attached hydrogens (tertiary/aromatic N) is 1. The highest BCUT2D eigenvalue weighted by Crippen LogP contribution is 2.21. The van der Waals surface area contributed by atoms with Gasteiger partial charge in [0, 0.05) is 43.5 Å². The van der Waals surface area contributed by atoms with Gasteiger partial charge in [-0.15, -0.1) is 0 Å². The Balaban J connectivity index is 1.75. The van der Waals surface area contributed by atoms with Gasteiger partial charge in [-0.1, -0.05) is 0 Å². The van der Waals surface area contributed by atoms with Gasteiger partial charge in [0.2, 0.25) is 5.91 Å². The first-order valence-electron chi connectivity index (χ1n) is 7.53. The van der Waals surface area contributed by atoms with E-state index in [4.69, 9.17) is 0 Å². The predicted molar refractivity (Wildman–Crippen MR) is 84.3 cm³/mol. The van der Waals surface area contributed by atoms with Crippen LogP contribution in [0.15, 0.2) is 24.3 Å². The fraction of sp³-hybridized carbons (Fsp3) is 0.562. The maximum absolute atomic E-state index is 11.5. The number of nitrogens with one attached hydrogen (secondary N) is 2. The Kier molecular flexibility index (Phi) is 5.27. The lowest BCUT2D eigenvalue weighted by molar-refractivity contribution is -0.121. The summed E-state index contributed by atoms with van der Waals surface area (Å²) in [7, 11) is 0. The smallest absolute Gasteiger partial charge is 0.221 e.